The van der Waals surface area contributed by atoms with Crippen LogP contribution in [0.4, 0.5) is 0 Å². The zero-order valence-electron chi connectivity index (χ0n) is 24.9. The van der Waals surface area contributed by atoms with E-state index in [1.165, 1.54) is 22.3 Å². The largest absolute Gasteiger partial charge is 0.461 e. The molecule has 4 heteroatoms. The van der Waals surface area contributed by atoms with Gasteiger partial charge in [0.05, 0.1) is 11.3 Å². The van der Waals surface area contributed by atoms with Crippen molar-refractivity contribution in [2.75, 3.05) is 0 Å². The van der Waals surface area contributed by atoms with E-state index in [1.54, 1.807) is 0 Å². The van der Waals surface area contributed by atoms with Gasteiger partial charge in [-0.25, -0.2) is 0 Å². The molecule has 0 aliphatic heterocycles. The Hall–Kier alpha value is -4.18. The van der Waals surface area contributed by atoms with Crippen LogP contribution in [0.25, 0.3) is 22.3 Å². The van der Waals surface area contributed by atoms with Gasteiger partial charge in [-0.1, -0.05) is 130 Å². The van der Waals surface area contributed by atoms with Crippen molar-refractivity contribution in [3.8, 4) is 22.3 Å². The van der Waals surface area contributed by atoms with Gasteiger partial charge in [0.25, 0.3) is 0 Å². The lowest BCUT2D eigenvalue weighted by Gasteiger charge is -2.20. The molecule has 0 heterocycles. The van der Waals surface area contributed by atoms with E-state index < -0.39 is 5.41 Å². The zero-order chi connectivity index (χ0) is 29.7. The molecule has 0 aromatic heterocycles. The maximum absolute atomic E-state index is 11.9. The number of carbonyl (C=O) groups excluding carboxylic acids is 2. The lowest BCUT2D eigenvalue weighted by Crippen LogP contribution is -2.25. The van der Waals surface area contributed by atoms with Crippen molar-refractivity contribution >= 4 is 11.9 Å². The maximum Gasteiger partial charge on any atom is 0.311 e. The zero-order valence-corrected chi connectivity index (χ0v) is 24.9. The van der Waals surface area contributed by atoms with Crippen LogP contribution in [0.15, 0.2) is 109 Å². The molecule has 0 saturated heterocycles. The van der Waals surface area contributed by atoms with Gasteiger partial charge in [-0.05, 0) is 60.1 Å². The summed E-state index contributed by atoms with van der Waals surface area (Å²) in [7, 11) is 0. The van der Waals surface area contributed by atoms with E-state index in [4.69, 9.17) is 9.47 Å². The third kappa shape index (κ3) is 9.75. The number of hydrogen-bond acceptors (Lipinski definition) is 4. The van der Waals surface area contributed by atoms with Gasteiger partial charge < -0.3 is 9.47 Å². The minimum Gasteiger partial charge on any atom is -0.461 e. The summed E-state index contributed by atoms with van der Waals surface area (Å²) < 4.78 is 10.7. The van der Waals surface area contributed by atoms with E-state index in [0.717, 1.165) is 24.0 Å². The van der Waals surface area contributed by atoms with Crippen molar-refractivity contribution in [1.29, 1.82) is 0 Å². The molecule has 1 unspecified atom stereocenters. The Bertz CT molecular complexity index is 1340. The predicted molar refractivity (Wildman–Crippen MR) is 167 cm³/mol. The molecule has 4 aromatic carbocycles. The monoisotopic (exact) mass is 550 g/mol. The van der Waals surface area contributed by atoms with E-state index >= 15 is 0 Å². The summed E-state index contributed by atoms with van der Waals surface area (Å²) in [5, 5.41) is 0. The highest BCUT2D eigenvalue weighted by Crippen LogP contribution is 2.24. The van der Waals surface area contributed by atoms with Crippen molar-refractivity contribution in [2.45, 2.75) is 60.7 Å². The van der Waals surface area contributed by atoms with Gasteiger partial charge in [0.2, 0.25) is 0 Å². The quantitative estimate of drug-likeness (QED) is 0.185. The highest BCUT2D eigenvalue weighted by atomic mass is 16.5. The third-order valence-corrected chi connectivity index (χ3v) is 7.32. The van der Waals surface area contributed by atoms with Gasteiger partial charge in [0, 0.05) is 0 Å². The summed E-state index contributed by atoms with van der Waals surface area (Å²) in [5.74, 6) is -0.296. The summed E-state index contributed by atoms with van der Waals surface area (Å²) in [5.41, 5.74) is 6.33. The van der Waals surface area contributed by atoms with Crippen LogP contribution >= 0.6 is 0 Å². The third-order valence-electron chi connectivity index (χ3n) is 7.32. The molecule has 0 spiro atoms. The van der Waals surface area contributed by atoms with E-state index in [1.807, 2.05) is 95.3 Å². The molecule has 0 aliphatic carbocycles. The number of rotatable bonds is 10. The summed E-state index contributed by atoms with van der Waals surface area (Å²) in [6, 6.07) is 36.7. The van der Waals surface area contributed by atoms with Crippen LogP contribution < -0.4 is 0 Å². The number of carbonyl (C=O) groups is 2. The van der Waals surface area contributed by atoms with Crippen LogP contribution in [0.3, 0.4) is 0 Å². The van der Waals surface area contributed by atoms with Crippen molar-refractivity contribution in [3.63, 3.8) is 0 Å². The van der Waals surface area contributed by atoms with Gasteiger partial charge in [0.15, 0.2) is 0 Å². The molecule has 4 aromatic rings. The molecule has 4 rings (SSSR count). The molecule has 0 aliphatic rings. The Morgan fingerprint density at radius 2 is 1.00 bits per heavy atom. The molecule has 0 fully saturated rings. The molecule has 0 bridgehead atoms. The second-order valence-corrected chi connectivity index (χ2v) is 10.9. The fourth-order valence-electron chi connectivity index (χ4n) is 3.80. The Labute approximate surface area is 245 Å². The minimum absolute atomic E-state index is 0.0291. The first-order valence-electron chi connectivity index (χ1n) is 14.4. The molecule has 1 atom stereocenters. The first kappa shape index (κ1) is 31.3. The van der Waals surface area contributed by atoms with Gasteiger partial charge in [-0.3, -0.25) is 9.59 Å². The molecule has 0 N–H and O–H groups in total. The molecule has 0 radical (unpaired) electrons. The van der Waals surface area contributed by atoms with Crippen molar-refractivity contribution in [2.24, 2.45) is 11.3 Å². The lowest BCUT2D eigenvalue weighted by atomic mass is 9.91. The van der Waals surface area contributed by atoms with Crippen LogP contribution in [-0.2, 0) is 32.3 Å². The van der Waals surface area contributed by atoms with E-state index in [2.05, 4.69) is 48.5 Å². The molecule has 0 amide bonds. The predicted octanol–water partition coefficient (Wildman–Crippen LogP) is 9.28. The van der Waals surface area contributed by atoms with Crippen molar-refractivity contribution < 1.29 is 19.1 Å². The average Bonchev–Trinajstić information content (AvgIpc) is 3.03. The number of esters is 2. The number of hydrogen-bond donors (Lipinski definition) is 0. The molecule has 0 saturated carbocycles. The van der Waals surface area contributed by atoms with E-state index in [-0.39, 0.29) is 17.9 Å². The van der Waals surface area contributed by atoms with Crippen LogP contribution in [-0.4, -0.2) is 11.9 Å². The van der Waals surface area contributed by atoms with Crippen LogP contribution in [0.5, 0.6) is 0 Å². The summed E-state index contributed by atoms with van der Waals surface area (Å²) >= 11 is 0. The highest BCUT2D eigenvalue weighted by molar-refractivity contribution is 5.75. The van der Waals surface area contributed by atoms with Gasteiger partial charge in [-0.2, -0.15) is 0 Å². The average molecular weight is 551 g/mol. The fourth-order valence-corrected chi connectivity index (χ4v) is 3.80. The first-order chi connectivity index (χ1) is 19.7. The van der Waals surface area contributed by atoms with Gasteiger partial charge in [0.1, 0.15) is 13.2 Å². The van der Waals surface area contributed by atoms with E-state index in [0.29, 0.717) is 13.2 Å². The van der Waals surface area contributed by atoms with E-state index in [9.17, 15) is 9.59 Å². The van der Waals surface area contributed by atoms with Crippen LogP contribution in [0.1, 0.15) is 58.6 Å². The maximum atomic E-state index is 11.9. The lowest BCUT2D eigenvalue weighted by molar-refractivity contribution is -0.155. The van der Waals surface area contributed by atoms with Gasteiger partial charge >= 0.3 is 11.9 Å². The second-order valence-electron chi connectivity index (χ2n) is 10.9. The van der Waals surface area contributed by atoms with Gasteiger partial charge in [-0.15, -0.1) is 0 Å². The SMILES string of the molecule is CCC(C)(C)C(=O)OCc1ccc(-c2ccccc2)cc1.CCC(C)C(=O)OCc1ccc(-c2ccccc2)cc1. The Morgan fingerprint density at radius 1 is 0.610 bits per heavy atom. The number of ether oxygens (including phenoxy) is 2. The summed E-state index contributed by atoms with van der Waals surface area (Å²) in [4.78, 5) is 23.5. The molecule has 214 valence electrons. The summed E-state index contributed by atoms with van der Waals surface area (Å²) in [6.07, 6.45) is 1.59. The smallest absolute Gasteiger partial charge is 0.311 e. The van der Waals surface area contributed by atoms with Crippen molar-refractivity contribution in [1.82, 2.24) is 0 Å². The van der Waals surface area contributed by atoms with Crippen molar-refractivity contribution in [3.05, 3.63) is 120 Å². The molecular formula is C37H42O4. The van der Waals surface area contributed by atoms with Crippen LogP contribution in [0, 0.1) is 11.3 Å². The molecular weight excluding hydrogens is 508 g/mol. The highest BCUT2D eigenvalue weighted by Gasteiger charge is 2.26. The molecule has 4 nitrogen and oxygen atoms in total. The minimum atomic E-state index is -0.413. The Morgan fingerprint density at radius 3 is 1.39 bits per heavy atom. The van der Waals surface area contributed by atoms with Crippen LogP contribution in [0.2, 0.25) is 0 Å². The number of benzene rings is 4. The Balaban J connectivity index is 0.000000226. The fraction of sp³-hybridized carbons (Fsp3) is 0.297. The topological polar surface area (TPSA) is 52.6 Å². The molecule has 41 heavy (non-hydrogen) atoms. The first-order valence-corrected chi connectivity index (χ1v) is 14.4. The Kier molecular flexibility index (Phi) is 11.9. The standard InChI is InChI=1S/C19H22O2.C18H20O2/c1-4-19(2,3)18(20)21-14-15-10-12-17(13-11-15)16-8-6-5-7-9-16;1-3-14(2)18(19)20-13-15-9-11-17(12-10-15)16-7-5-4-6-8-16/h5-13H,4,14H2,1-3H3;4-12,14H,3,13H2,1-2H3. The normalized spacial score (nSPS) is 11.5. The summed E-state index contributed by atoms with van der Waals surface area (Å²) in [6.45, 7) is 10.4. The second kappa shape index (κ2) is 15.6.